The van der Waals surface area contributed by atoms with Crippen molar-refractivity contribution >= 4 is 21.8 Å². The zero-order valence-corrected chi connectivity index (χ0v) is 16.2. The summed E-state index contributed by atoms with van der Waals surface area (Å²) in [6.07, 6.45) is 0.284. The van der Waals surface area contributed by atoms with Crippen LogP contribution in [0.25, 0.3) is 0 Å². The topological polar surface area (TPSA) is 38.3 Å². The SMILES string of the molecule is CC[C@@H](NC(=O)[C@@H](C)Oc1ccc(Br)cc1)c1ccc(C)cc1C. The Bertz CT molecular complexity index is 697. The van der Waals surface area contributed by atoms with Gasteiger partial charge in [-0.1, -0.05) is 46.6 Å². The van der Waals surface area contributed by atoms with Crippen LogP contribution in [0.1, 0.15) is 43.0 Å². The lowest BCUT2D eigenvalue weighted by molar-refractivity contribution is -0.128. The first-order valence-corrected chi connectivity index (χ1v) is 8.99. The molecule has 2 aromatic rings. The summed E-state index contributed by atoms with van der Waals surface area (Å²) in [6.45, 7) is 8.00. The molecule has 0 unspecified atom stereocenters. The van der Waals surface area contributed by atoms with Gasteiger partial charge in [-0.05, 0) is 62.6 Å². The molecular weight excluding hydrogens is 366 g/mol. The number of aryl methyl sites for hydroxylation is 2. The highest BCUT2D eigenvalue weighted by Crippen LogP contribution is 2.22. The van der Waals surface area contributed by atoms with Crippen molar-refractivity contribution in [2.24, 2.45) is 0 Å². The molecule has 0 aromatic heterocycles. The van der Waals surface area contributed by atoms with Gasteiger partial charge in [-0.2, -0.15) is 0 Å². The van der Waals surface area contributed by atoms with E-state index in [0.29, 0.717) is 5.75 Å². The number of carbonyl (C=O) groups is 1. The largest absolute Gasteiger partial charge is 0.481 e. The second-order valence-corrected chi connectivity index (χ2v) is 6.96. The lowest BCUT2D eigenvalue weighted by Gasteiger charge is -2.22. The van der Waals surface area contributed by atoms with Gasteiger partial charge in [0, 0.05) is 4.47 Å². The molecule has 1 N–H and O–H groups in total. The van der Waals surface area contributed by atoms with Crippen molar-refractivity contribution in [3.05, 3.63) is 63.6 Å². The van der Waals surface area contributed by atoms with Crippen LogP contribution in [0.5, 0.6) is 5.75 Å². The van der Waals surface area contributed by atoms with Crippen molar-refractivity contribution in [3.8, 4) is 5.75 Å². The van der Waals surface area contributed by atoms with Crippen LogP contribution in [0, 0.1) is 13.8 Å². The third kappa shape index (κ3) is 4.84. The zero-order valence-electron chi connectivity index (χ0n) is 14.6. The summed E-state index contributed by atoms with van der Waals surface area (Å²) in [5, 5.41) is 3.10. The molecule has 24 heavy (non-hydrogen) atoms. The van der Waals surface area contributed by atoms with Gasteiger partial charge in [0.2, 0.25) is 0 Å². The van der Waals surface area contributed by atoms with Crippen molar-refractivity contribution in [2.45, 2.75) is 46.3 Å². The highest BCUT2D eigenvalue weighted by atomic mass is 79.9. The number of ether oxygens (including phenoxy) is 1. The molecule has 0 saturated heterocycles. The first kappa shape index (κ1) is 18.5. The van der Waals surface area contributed by atoms with E-state index in [1.54, 1.807) is 6.92 Å². The number of nitrogens with one attached hydrogen (secondary N) is 1. The average Bonchev–Trinajstić information content (AvgIpc) is 2.55. The molecule has 0 saturated carbocycles. The van der Waals surface area contributed by atoms with Crippen LogP contribution < -0.4 is 10.1 Å². The van der Waals surface area contributed by atoms with Crippen LogP contribution in [-0.4, -0.2) is 12.0 Å². The van der Waals surface area contributed by atoms with E-state index in [1.165, 1.54) is 11.1 Å². The fraction of sp³-hybridized carbons (Fsp3) is 0.350. The van der Waals surface area contributed by atoms with E-state index in [1.807, 2.05) is 24.3 Å². The van der Waals surface area contributed by atoms with E-state index in [2.05, 4.69) is 60.2 Å². The van der Waals surface area contributed by atoms with Gasteiger partial charge in [0.1, 0.15) is 5.75 Å². The van der Waals surface area contributed by atoms with Crippen LogP contribution in [-0.2, 0) is 4.79 Å². The number of hydrogen-bond acceptors (Lipinski definition) is 2. The van der Waals surface area contributed by atoms with Crippen LogP contribution in [0.4, 0.5) is 0 Å². The lowest BCUT2D eigenvalue weighted by atomic mass is 9.97. The predicted octanol–water partition coefficient (Wildman–Crippen LogP) is 5.10. The molecule has 0 aliphatic rings. The summed E-state index contributed by atoms with van der Waals surface area (Å²) in [5.74, 6) is 0.574. The molecule has 4 heteroatoms. The normalized spacial score (nSPS) is 13.2. The van der Waals surface area contributed by atoms with Gasteiger partial charge < -0.3 is 10.1 Å². The molecule has 0 aliphatic carbocycles. The molecule has 0 aliphatic heterocycles. The summed E-state index contributed by atoms with van der Waals surface area (Å²) < 4.78 is 6.71. The highest BCUT2D eigenvalue weighted by Gasteiger charge is 2.20. The van der Waals surface area contributed by atoms with E-state index in [-0.39, 0.29) is 11.9 Å². The van der Waals surface area contributed by atoms with Gasteiger partial charge >= 0.3 is 0 Å². The van der Waals surface area contributed by atoms with Gasteiger partial charge in [0.05, 0.1) is 6.04 Å². The second-order valence-electron chi connectivity index (χ2n) is 6.04. The summed E-state index contributed by atoms with van der Waals surface area (Å²) >= 11 is 3.39. The Morgan fingerprint density at radius 2 is 1.83 bits per heavy atom. The van der Waals surface area contributed by atoms with Crippen molar-refractivity contribution < 1.29 is 9.53 Å². The van der Waals surface area contributed by atoms with Crippen LogP contribution in [0.3, 0.4) is 0 Å². The number of hydrogen-bond donors (Lipinski definition) is 1. The van der Waals surface area contributed by atoms with E-state index in [0.717, 1.165) is 16.5 Å². The minimum Gasteiger partial charge on any atom is -0.481 e. The molecule has 0 radical (unpaired) electrons. The van der Waals surface area contributed by atoms with Gasteiger partial charge in [0.15, 0.2) is 6.10 Å². The maximum absolute atomic E-state index is 12.5. The van der Waals surface area contributed by atoms with E-state index in [9.17, 15) is 4.79 Å². The molecule has 3 nitrogen and oxygen atoms in total. The molecule has 0 fully saturated rings. The van der Waals surface area contributed by atoms with Crippen molar-refractivity contribution in [2.75, 3.05) is 0 Å². The Labute approximate surface area is 152 Å². The molecule has 128 valence electrons. The second kappa shape index (κ2) is 8.34. The first-order valence-electron chi connectivity index (χ1n) is 8.20. The third-order valence-corrected chi connectivity index (χ3v) is 4.55. The molecular formula is C20H24BrNO2. The number of rotatable bonds is 6. The molecule has 0 heterocycles. The minimum atomic E-state index is -0.550. The molecule has 2 rings (SSSR count). The zero-order chi connectivity index (χ0) is 17.7. The van der Waals surface area contributed by atoms with Crippen LogP contribution >= 0.6 is 15.9 Å². The number of halogens is 1. The minimum absolute atomic E-state index is 0.00549. The van der Waals surface area contributed by atoms with E-state index < -0.39 is 6.10 Å². The standard InChI is InChI=1S/C20H24BrNO2/c1-5-19(18-11-6-13(2)12-14(18)3)22-20(23)15(4)24-17-9-7-16(21)8-10-17/h6-12,15,19H,5H2,1-4H3,(H,22,23)/t15-,19-/m1/s1. The van der Waals surface area contributed by atoms with Crippen molar-refractivity contribution in [1.82, 2.24) is 5.32 Å². The number of carbonyl (C=O) groups excluding carboxylic acids is 1. The third-order valence-electron chi connectivity index (χ3n) is 4.02. The van der Waals surface area contributed by atoms with Crippen molar-refractivity contribution in [1.29, 1.82) is 0 Å². The summed E-state index contributed by atoms with van der Waals surface area (Å²) in [4.78, 5) is 12.5. The predicted molar refractivity (Wildman–Crippen MR) is 101 cm³/mol. The Morgan fingerprint density at radius 1 is 1.17 bits per heavy atom. The Kier molecular flexibility index (Phi) is 6.44. The quantitative estimate of drug-likeness (QED) is 0.745. The Morgan fingerprint density at radius 3 is 2.42 bits per heavy atom. The Hall–Kier alpha value is -1.81. The van der Waals surface area contributed by atoms with E-state index in [4.69, 9.17) is 4.74 Å². The monoisotopic (exact) mass is 389 g/mol. The van der Waals surface area contributed by atoms with Gasteiger partial charge in [-0.15, -0.1) is 0 Å². The lowest BCUT2D eigenvalue weighted by Crippen LogP contribution is -2.38. The summed E-state index contributed by atoms with van der Waals surface area (Å²) in [7, 11) is 0. The summed E-state index contributed by atoms with van der Waals surface area (Å²) in [6, 6.07) is 13.8. The molecule has 0 spiro atoms. The van der Waals surface area contributed by atoms with Crippen LogP contribution in [0.2, 0.25) is 0 Å². The first-order chi connectivity index (χ1) is 11.4. The van der Waals surface area contributed by atoms with Gasteiger partial charge in [-0.25, -0.2) is 0 Å². The number of amides is 1. The molecule has 2 aromatic carbocycles. The average molecular weight is 390 g/mol. The maximum atomic E-state index is 12.5. The fourth-order valence-corrected chi connectivity index (χ4v) is 2.94. The number of benzene rings is 2. The van der Waals surface area contributed by atoms with Crippen LogP contribution in [0.15, 0.2) is 46.9 Å². The molecule has 2 atom stereocenters. The van der Waals surface area contributed by atoms with E-state index >= 15 is 0 Å². The molecule has 1 amide bonds. The fourth-order valence-electron chi connectivity index (χ4n) is 2.68. The van der Waals surface area contributed by atoms with Gasteiger partial charge in [-0.3, -0.25) is 4.79 Å². The van der Waals surface area contributed by atoms with Gasteiger partial charge in [0.25, 0.3) is 5.91 Å². The summed E-state index contributed by atoms with van der Waals surface area (Å²) in [5.41, 5.74) is 3.58. The smallest absolute Gasteiger partial charge is 0.261 e. The maximum Gasteiger partial charge on any atom is 0.261 e. The van der Waals surface area contributed by atoms with Crippen molar-refractivity contribution in [3.63, 3.8) is 0 Å². The Balaban J connectivity index is 2.04. The molecule has 0 bridgehead atoms. The highest BCUT2D eigenvalue weighted by molar-refractivity contribution is 9.10.